The highest BCUT2D eigenvalue weighted by molar-refractivity contribution is 5.89. The highest BCUT2D eigenvalue weighted by Crippen LogP contribution is 2.25. The maximum Gasteiger partial charge on any atom is 0.338 e. The van der Waals surface area contributed by atoms with Gasteiger partial charge in [0.2, 0.25) is 0 Å². The fourth-order valence-corrected chi connectivity index (χ4v) is 2.50. The molecule has 0 amide bonds. The Labute approximate surface area is 168 Å². The van der Waals surface area contributed by atoms with Crippen molar-refractivity contribution in [2.75, 3.05) is 6.61 Å². The molecule has 0 atom stereocenters. The molecular formula is C22H21N3O4. The summed E-state index contributed by atoms with van der Waals surface area (Å²) in [7, 11) is 0. The summed E-state index contributed by atoms with van der Waals surface area (Å²) in [5.74, 6) is -0.663. The third kappa shape index (κ3) is 4.76. The predicted octanol–water partition coefficient (Wildman–Crippen LogP) is 3.56. The molecule has 0 aliphatic carbocycles. The van der Waals surface area contributed by atoms with Crippen molar-refractivity contribution in [2.45, 2.75) is 20.3 Å². The molecule has 0 fully saturated rings. The molecule has 1 heterocycles. The van der Waals surface area contributed by atoms with Crippen molar-refractivity contribution in [3.63, 3.8) is 0 Å². The zero-order valence-electron chi connectivity index (χ0n) is 16.3. The molecule has 0 aliphatic rings. The summed E-state index contributed by atoms with van der Waals surface area (Å²) < 4.78 is 10.6. The molecule has 0 bridgehead atoms. The molecule has 0 saturated heterocycles. The second-order valence-electron chi connectivity index (χ2n) is 6.62. The Hall–Kier alpha value is -3.74. The first-order valence-electron chi connectivity index (χ1n) is 9.01. The molecule has 3 rings (SSSR count). The number of carbonyl (C=O) groups excluding carboxylic acids is 2. The quantitative estimate of drug-likeness (QED) is 0.348. The van der Waals surface area contributed by atoms with Crippen molar-refractivity contribution in [3.8, 4) is 11.4 Å². The number of hydrogen-bond acceptors (Lipinski definition) is 6. The SMILES string of the molecule is C=C(C)C(=O)OCCc1ccc(OC(=O)C(=C)C)c(-n2nc3ccccc3n2)c1. The average Bonchev–Trinajstić information content (AvgIpc) is 3.12. The Morgan fingerprint density at radius 2 is 1.59 bits per heavy atom. The largest absolute Gasteiger partial charge is 0.462 e. The molecule has 29 heavy (non-hydrogen) atoms. The van der Waals surface area contributed by atoms with Crippen LogP contribution in [0.3, 0.4) is 0 Å². The Morgan fingerprint density at radius 1 is 0.966 bits per heavy atom. The van der Waals surface area contributed by atoms with Crippen LogP contribution in [-0.2, 0) is 20.7 Å². The second kappa shape index (κ2) is 8.52. The van der Waals surface area contributed by atoms with E-state index in [1.807, 2.05) is 24.3 Å². The third-order valence-electron chi connectivity index (χ3n) is 4.05. The van der Waals surface area contributed by atoms with Gasteiger partial charge in [0.25, 0.3) is 0 Å². The van der Waals surface area contributed by atoms with Crippen molar-refractivity contribution in [1.29, 1.82) is 0 Å². The van der Waals surface area contributed by atoms with E-state index in [9.17, 15) is 9.59 Å². The number of aromatic nitrogens is 3. The van der Waals surface area contributed by atoms with Crippen LogP contribution in [0.15, 0.2) is 66.8 Å². The Morgan fingerprint density at radius 3 is 2.17 bits per heavy atom. The molecule has 1 aromatic heterocycles. The summed E-state index contributed by atoms with van der Waals surface area (Å²) in [6, 6.07) is 12.7. The van der Waals surface area contributed by atoms with E-state index in [0.717, 1.165) is 5.56 Å². The van der Waals surface area contributed by atoms with E-state index in [-0.39, 0.29) is 12.2 Å². The Kier molecular flexibility index (Phi) is 5.87. The van der Waals surface area contributed by atoms with Crippen LogP contribution in [0.4, 0.5) is 0 Å². The lowest BCUT2D eigenvalue weighted by Crippen LogP contribution is -2.12. The number of rotatable bonds is 7. The van der Waals surface area contributed by atoms with Crippen LogP contribution in [0.25, 0.3) is 16.7 Å². The fourth-order valence-electron chi connectivity index (χ4n) is 2.50. The zero-order chi connectivity index (χ0) is 21.0. The number of esters is 2. The van der Waals surface area contributed by atoms with Crippen molar-refractivity contribution < 1.29 is 19.1 Å². The molecule has 2 aromatic carbocycles. The molecule has 0 N–H and O–H groups in total. The van der Waals surface area contributed by atoms with Gasteiger partial charge in [-0.15, -0.1) is 15.0 Å². The average molecular weight is 391 g/mol. The van der Waals surface area contributed by atoms with Crippen LogP contribution in [0.1, 0.15) is 19.4 Å². The summed E-state index contributed by atoms with van der Waals surface area (Å²) in [5, 5.41) is 8.93. The van der Waals surface area contributed by atoms with Gasteiger partial charge in [0.15, 0.2) is 5.75 Å². The van der Waals surface area contributed by atoms with E-state index < -0.39 is 11.9 Å². The standard InChI is InChI=1S/C22H21N3O4/c1-14(2)21(26)28-12-11-16-9-10-20(29-22(27)15(3)4)19(13-16)25-23-17-7-5-6-8-18(17)24-25/h5-10,13H,1,3,11-12H2,2,4H3. The minimum atomic E-state index is -0.536. The Balaban J connectivity index is 1.92. The van der Waals surface area contributed by atoms with E-state index >= 15 is 0 Å². The van der Waals surface area contributed by atoms with Gasteiger partial charge in [-0.1, -0.05) is 31.4 Å². The predicted molar refractivity (Wildman–Crippen MR) is 109 cm³/mol. The minimum absolute atomic E-state index is 0.199. The highest BCUT2D eigenvalue weighted by atomic mass is 16.5. The summed E-state index contributed by atoms with van der Waals surface area (Å²) in [5.41, 5.74) is 3.42. The van der Waals surface area contributed by atoms with Crippen LogP contribution < -0.4 is 4.74 Å². The summed E-state index contributed by atoms with van der Waals surface area (Å²) in [6.07, 6.45) is 0.474. The van der Waals surface area contributed by atoms with Gasteiger partial charge < -0.3 is 9.47 Å². The molecule has 0 saturated carbocycles. The van der Waals surface area contributed by atoms with E-state index in [1.54, 1.807) is 32.0 Å². The molecule has 0 unspecified atom stereocenters. The number of hydrogen-bond donors (Lipinski definition) is 0. The Bertz CT molecular complexity index is 1080. The molecule has 3 aromatic rings. The molecule has 0 aliphatic heterocycles. The number of carbonyl (C=O) groups is 2. The van der Waals surface area contributed by atoms with E-state index in [1.165, 1.54) is 4.80 Å². The molecular weight excluding hydrogens is 370 g/mol. The van der Waals surface area contributed by atoms with Crippen LogP contribution in [-0.4, -0.2) is 33.5 Å². The van der Waals surface area contributed by atoms with Crippen molar-refractivity contribution in [2.24, 2.45) is 0 Å². The summed E-state index contributed by atoms with van der Waals surface area (Å²) in [6.45, 7) is 10.5. The van der Waals surface area contributed by atoms with Gasteiger partial charge >= 0.3 is 11.9 Å². The van der Waals surface area contributed by atoms with Gasteiger partial charge in [-0.3, -0.25) is 0 Å². The molecule has 148 valence electrons. The van der Waals surface area contributed by atoms with Crippen LogP contribution >= 0.6 is 0 Å². The van der Waals surface area contributed by atoms with Gasteiger partial charge in [0.05, 0.1) is 6.61 Å². The smallest absolute Gasteiger partial charge is 0.338 e. The van der Waals surface area contributed by atoms with Gasteiger partial charge in [0.1, 0.15) is 16.7 Å². The lowest BCUT2D eigenvalue weighted by molar-refractivity contribution is -0.138. The minimum Gasteiger partial charge on any atom is -0.462 e. The monoisotopic (exact) mass is 391 g/mol. The van der Waals surface area contributed by atoms with E-state index in [2.05, 4.69) is 23.4 Å². The molecule has 7 nitrogen and oxygen atoms in total. The number of ether oxygens (including phenoxy) is 2. The van der Waals surface area contributed by atoms with Gasteiger partial charge in [-0.25, -0.2) is 9.59 Å². The lowest BCUT2D eigenvalue weighted by Gasteiger charge is -2.11. The van der Waals surface area contributed by atoms with Gasteiger partial charge in [0, 0.05) is 17.6 Å². The topological polar surface area (TPSA) is 83.3 Å². The fraction of sp³-hybridized carbons (Fsp3) is 0.182. The van der Waals surface area contributed by atoms with Crippen LogP contribution in [0.5, 0.6) is 5.75 Å². The summed E-state index contributed by atoms with van der Waals surface area (Å²) in [4.78, 5) is 25.0. The van der Waals surface area contributed by atoms with Crippen LogP contribution in [0.2, 0.25) is 0 Å². The lowest BCUT2D eigenvalue weighted by atomic mass is 10.1. The molecule has 7 heteroatoms. The first-order chi connectivity index (χ1) is 13.8. The first-order valence-corrected chi connectivity index (χ1v) is 9.01. The number of nitrogens with zero attached hydrogens (tertiary/aromatic N) is 3. The first kappa shape index (κ1) is 20.0. The number of benzene rings is 2. The van der Waals surface area contributed by atoms with Crippen molar-refractivity contribution in [1.82, 2.24) is 15.0 Å². The van der Waals surface area contributed by atoms with E-state index in [0.29, 0.717) is 34.5 Å². The molecule has 0 spiro atoms. The van der Waals surface area contributed by atoms with Crippen LogP contribution in [0, 0.1) is 0 Å². The van der Waals surface area contributed by atoms with Crippen molar-refractivity contribution >= 4 is 23.0 Å². The van der Waals surface area contributed by atoms with Gasteiger partial charge in [-0.2, -0.15) is 0 Å². The van der Waals surface area contributed by atoms with Crippen molar-refractivity contribution in [3.05, 3.63) is 72.3 Å². The zero-order valence-corrected chi connectivity index (χ0v) is 16.3. The number of fused-ring (bicyclic) bond motifs is 1. The maximum absolute atomic E-state index is 12.0. The normalized spacial score (nSPS) is 10.6. The van der Waals surface area contributed by atoms with E-state index in [4.69, 9.17) is 9.47 Å². The molecule has 0 radical (unpaired) electrons. The highest BCUT2D eigenvalue weighted by Gasteiger charge is 2.15. The second-order valence-corrected chi connectivity index (χ2v) is 6.62. The maximum atomic E-state index is 12.0. The van der Waals surface area contributed by atoms with Gasteiger partial charge in [-0.05, 0) is 43.7 Å². The third-order valence-corrected chi connectivity index (χ3v) is 4.05. The summed E-state index contributed by atoms with van der Waals surface area (Å²) >= 11 is 0.